The summed E-state index contributed by atoms with van der Waals surface area (Å²) in [6.07, 6.45) is 8.41. The molecule has 0 N–H and O–H groups in total. The lowest BCUT2D eigenvalue weighted by Gasteiger charge is -2.09. The van der Waals surface area contributed by atoms with E-state index in [1.54, 1.807) is 6.08 Å². The van der Waals surface area contributed by atoms with Crippen LogP contribution in [-0.4, -0.2) is 25.1 Å². The molecule has 5 heteroatoms. The standard InChI is InChI=1S/C26H31NO4/c1-3-5-7-10-18-30-24-12-9-8-11-21(24)19-23-26(28)31-25(27-23)20-13-15-22(16-14-20)29-17-6-4-2/h8-9,11-16,19H,3-7,10,17-18H2,1-2H3/b23-19+. The van der Waals surface area contributed by atoms with Crippen molar-refractivity contribution in [3.63, 3.8) is 0 Å². The number of rotatable bonds is 12. The van der Waals surface area contributed by atoms with E-state index in [2.05, 4.69) is 18.8 Å². The molecular formula is C26H31NO4. The number of benzene rings is 2. The molecule has 2 aromatic carbocycles. The number of hydrogen-bond donors (Lipinski definition) is 0. The molecule has 0 saturated heterocycles. The Bertz CT molecular complexity index is 915. The highest BCUT2D eigenvalue weighted by Gasteiger charge is 2.24. The zero-order valence-electron chi connectivity index (χ0n) is 18.4. The molecule has 1 aliphatic rings. The Morgan fingerprint density at radius 3 is 2.39 bits per heavy atom. The van der Waals surface area contributed by atoms with E-state index in [0.717, 1.165) is 48.3 Å². The molecule has 0 unspecified atom stereocenters. The van der Waals surface area contributed by atoms with Crippen LogP contribution in [0.1, 0.15) is 63.5 Å². The van der Waals surface area contributed by atoms with Crippen molar-refractivity contribution in [3.05, 3.63) is 65.4 Å². The molecule has 164 valence electrons. The Labute approximate surface area is 184 Å². The van der Waals surface area contributed by atoms with Crippen LogP contribution in [0.4, 0.5) is 0 Å². The maximum absolute atomic E-state index is 12.4. The first kappa shape index (κ1) is 22.6. The van der Waals surface area contributed by atoms with E-state index in [-0.39, 0.29) is 5.70 Å². The highest BCUT2D eigenvalue weighted by atomic mass is 16.6. The average Bonchev–Trinajstić information content (AvgIpc) is 3.15. The van der Waals surface area contributed by atoms with Gasteiger partial charge in [-0.15, -0.1) is 0 Å². The third kappa shape index (κ3) is 6.71. The van der Waals surface area contributed by atoms with Gasteiger partial charge in [0.1, 0.15) is 11.5 Å². The second kappa shape index (κ2) is 11.9. The van der Waals surface area contributed by atoms with E-state index in [1.165, 1.54) is 12.8 Å². The molecule has 31 heavy (non-hydrogen) atoms. The largest absolute Gasteiger partial charge is 0.494 e. The molecule has 0 spiro atoms. The first-order valence-corrected chi connectivity index (χ1v) is 11.2. The van der Waals surface area contributed by atoms with Crippen LogP contribution in [-0.2, 0) is 9.53 Å². The van der Waals surface area contributed by atoms with Gasteiger partial charge in [0, 0.05) is 11.1 Å². The van der Waals surface area contributed by atoms with Crippen molar-refractivity contribution in [1.29, 1.82) is 0 Å². The Morgan fingerprint density at radius 2 is 1.61 bits per heavy atom. The molecule has 0 amide bonds. The summed E-state index contributed by atoms with van der Waals surface area (Å²) in [5, 5.41) is 0. The van der Waals surface area contributed by atoms with Gasteiger partial charge < -0.3 is 14.2 Å². The van der Waals surface area contributed by atoms with E-state index >= 15 is 0 Å². The topological polar surface area (TPSA) is 57.1 Å². The Kier molecular flexibility index (Phi) is 8.71. The Morgan fingerprint density at radius 1 is 0.871 bits per heavy atom. The monoisotopic (exact) mass is 421 g/mol. The number of unbranched alkanes of at least 4 members (excludes halogenated alkanes) is 4. The Hall–Kier alpha value is -3.08. The summed E-state index contributed by atoms with van der Waals surface area (Å²) in [7, 11) is 0. The number of esters is 1. The first-order chi connectivity index (χ1) is 15.2. The van der Waals surface area contributed by atoms with E-state index < -0.39 is 5.97 Å². The summed E-state index contributed by atoms with van der Waals surface area (Å²) in [4.78, 5) is 16.8. The summed E-state index contributed by atoms with van der Waals surface area (Å²) in [5.74, 6) is 1.38. The molecule has 1 aliphatic heterocycles. The number of carbonyl (C=O) groups is 1. The second-order valence-electron chi connectivity index (χ2n) is 7.51. The fraction of sp³-hybridized carbons (Fsp3) is 0.385. The van der Waals surface area contributed by atoms with Gasteiger partial charge in [0.25, 0.3) is 0 Å². The molecule has 1 heterocycles. The van der Waals surface area contributed by atoms with Gasteiger partial charge in [-0.3, -0.25) is 0 Å². The minimum absolute atomic E-state index is 0.264. The quantitative estimate of drug-likeness (QED) is 0.234. The molecule has 0 atom stereocenters. The van der Waals surface area contributed by atoms with E-state index in [0.29, 0.717) is 19.1 Å². The van der Waals surface area contributed by atoms with Crippen molar-refractivity contribution >= 4 is 17.9 Å². The molecular weight excluding hydrogens is 390 g/mol. The number of nitrogens with zero attached hydrogens (tertiary/aromatic N) is 1. The summed E-state index contributed by atoms with van der Waals surface area (Å²) >= 11 is 0. The zero-order valence-corrected chi connectivity index (χ0v) is 18.4. The van der Waals surface area contributed by atoms with Crippen molar-refractivity contribution < 1.29 is 19.0 Å². The second-order valence-corrected chi connectivity index (χ2v) is 7.51. The van der Waals surface area contributed by atoms with Gasteiger partial charge in [-0.05, 0) is 49.2 Å². The third-order valence-electron chi connectivity index (χ3n) is 4.96. The maximum Gasteiger partial charge on any atom is 0.363 e. The van der Waals surface area contributed by atoms with Crippen LogP contribution in [0.3, 0.4) is 0 Å². The fourth-order valence-electron chi connectivity index (χ4n) is 3.15. The third-order valence-corrected chi connectivity index (χ3v) is 4.96. The predicted molar refractivity (Wildman–Crippen MR) is 124 cm³/mol. The van der Waals surface area contributed by atoms with Gasteiger partial charge in [0.2, 0.25) is 5.90 Å². The molecule has 0 saturated carbocycles. The fourth-order valence-corrected chi connectivity index (χ4v) is 3.15. The highest BCUT2D eigenvalue weighted by molar-refractivity contribution is 6.13. The lowest BCUT2D eigenvalue weighted by molar-refractivity contribution is -0.129. The zero-order chi connectivity index (χ0) is 21.9. The van der Waals surface area contributed by atoms with E-state index in [1.807, 2.05) is 48.5 Å². The number of ether oxygens (including phenoxy) is 3. The van der Waals surface area contributed by atoms with Gasteiger partial charge in [0.05, 0.1) is 13.2 Å². The molecule has 0 aliphatic carbocycles. The van der Waals surface area contributed by atoms with Crippen LogP contribution in [0.2, 0.25) is 0 Å². The minimum atomic E-state index is -0.462. The molecule has 3 rings (SSSR count). The SMILES string of the molecule is CCCCCCOc1ccccc1/C=C1/N=C(c2ccc(OCCCC)cc2)OC1=O. The van der Waals surface area contributed by atoms with Crippen LogP contribution in [0.25, 0.3) is 6.08 Å². The maximum atomic E-state index is 12.4. The van der Waals surface area contributed by atoms with Crippen LogP contribution in [0.5, 0.6) is 11.5 Å². The summed E-state index contributed by atoms with van der Waals surface area (Å²) in [6.45, 7) is 5.67. The van der Waals surface area contributed by atoms with Gasteiger partial charge in [-0.25, -0.2) is 9.79 Å². The predicted octanol–water partition coefficient (Wildman–Crippen LogP) is 6.17. The van der Waals surface area contributed by atoms with Crippen LogP contribution in [0.15, 0.2) is 59.2 Å². The van der Waals surface area contributed by atoms with Crippen molar-refractivity contribution in [2.75, 3.05) is 13.2 Å². The van der Waals surface area contributed by atoms with E-state index in [9.17, 15) is 4.79 Å². The van der Waals surface area contributed by atoms with Crippen LogP contribution < -0.4 is 9.47 Å². The van der Waals surface area contributed by atoms with E-state index in [4.69, 9.17) is 14.2 Å². The van der Waals surface area contributed by atoms with Gasteiger partial charge in [-0.2, -0.15) is 0 Å². The van der Waals surface area contributed by atoms with Crippen LogP contribution in [0, 0.1) is 0 Å². The number of para-hydroxylation sites is 1. The number of aliphatic imine (C=N–C) groups is 1. The summed E-state index contributed by atoms with van der Waals surface area (Å²) < 4.78 is 17.0. The number of carbonyl (C=O) groups excluding carboxylic acids is 1. The molecule has 0 bridgehead atoms. The van der Waals surface area contributed by atoms with Crippen molar-refractivity contribution in [2.45, 2.75) is 52.4 Å². The molecule has 5 nitrogen and oxygen atoms in total. The summed E-state index contributed by atoms with van der Waals surface area (Å²) in [6, 6.07) is 15.1. The lowest BCUT2D eigenvalue weighted by Crippen LogP contribution is -2.05. The summed E-state index contributed by atoms with van der Waals surface area (Å²) in [5.41, 5.74) is 1.81. The number of hydrogen-bond acceptors (Lipinski definition) is 5. The average molecular weight is 422 g/mol. The van der Waals surface area contributed by atoms with Gasteiger partial charge >= 0.3 is 5.97 Å². The van der Waals surface area contributed by atoms with Crippen molar-refractivity contribution in [3.8, 4) is 11.5 Å². The minimum Gasteiger partial charge on any atom is -0.494 e. The highest BCUT2D eigenvalue weighted by Crippen LogP contribution is 2.25. The Balaban J connectivity index is 1.69. The molecule has 0 aromatic heterocycles. The van der Waals surface area contributed by atoms with Gasteiger partial charge in [-0.1, -0.05) is 57.7 Å². The molecule has 2 aromatic rings. The normalized spacial score (nSPS) is 14.5. The van der Waals surface area contributed by atoms with Crippen LogP contribution >= 0.6 is 0 Å². The lowest BCUT2D eigenvalue weighted by atomic mass is 10.1. The van der Waals surface area contributed by atoms with Gasteiger partial charge in [0.15, 0.2) is 5.70 Å². The molecule has 0 fully saturated rings. The molecule has 0 radical (unpaired) electrons. The number of cyclic esters (lactones) is 1. The van der Waals surface area contributed by atoms with Crippen molar-refractivity contribution in [1.82, 2.24) is 0 Å². The first-order valence-electron chi connectivity index (χ1n) is 11.2. The smallest absolute Gasteiger partial charge is 0.363 e. The van der Waals surface area contributed by atoms with Crippen molar-refractivity contribution in [2.24, 2.45) is 4.99 Å².